The van der Waals surface area contributed by atoms with Crippen molar-refractivity contribution in [3.05, 3.63) is 48.0 Å². The zero-order chi connectivity index (χ0) is 12.8. The molecule has 0 bridgehead atoms. The third kappa shape index (κ3) is 3.09. The Kier molecular flexibility index (Phi) is 4.34. The Hall–Kier alpha value is -1.84. The summed E-state index contributed by atoms with van der Waals surface area (Å²) in [6.07, 6.45) is 5.84. The second-order valence-electron chi connectivity index (χ2n) is 4.25. The normalized spacial score (nSPS) is 10.6. The first kappa shape index (κ1) is 12.6. The van der Waals surface area contributed by atoms with Crippen LogP contribution in [0.25, 0.3) is 0 Å². The van der Waals surface area contributed by atoms with Crippen molar-refractivity contribution in [3.8, 4) is 0 Å². The summed E-state index contributed by atoms with van der Waals surface area (Å²) < 4.78 is 15.5. The van der Waals surface area contributed by atoms with Crippen molar-refractivity contribution in [3.63, 3.8) is 0 Å². The van der Waals surface area contributed by atoms with Gasteiger partial charge < -0.3 is 9.88 Å². The first-order valence-corrected chi connectivity index (χ1v) is 6.29. The average molecular weight is 247 g/mol. The third-order valence-corrected chi connectivity index (χ3v) is 2.83. The van der Waals surface area contributed by atoms with Gasteiger partial charge in [0.25, 0.3) is 0 Å². The second kappa shape index (κ2) is 6.19. The fourth-order valence-corrected chi connectivity index (χ4v) is 1.79. The van der Waals surface area contributed by atoms with Crippen molar-refractivity contribution in [2.24, 2.45) is 0 Å². The molecule has 0 aliphatic heterocycles. The van der Waals surface area contributed by atoms with Gasteiger partial charge in [-0.25, -0.2) is 9.37 Å². The van der Waals surface area contributed by atoms with E-state index in [0.717, 1.165) is 25.3 Å². The minimum atomic E-state index is -0.175. The number of nitrogens with one attached hydrogen (secondary N) is 1. The molecule has 0 radical (unpaired) electrons. The van der Waals surface area contributed by atoms with E-state index in [0.29, 0.717) is 12.1 Å². The van der Waals surface area contributed by atoms with E-state index in [1.54, 1.807) is 18.3 Å². The van der Waals surface area contributed by atoms with Crippen LogP contribution in [0.2, 0.25) is 0 Å². The van der Waals surface area contributed by atoms with Crippen molar-refractivity contribution in [2.45, 2.75) is 26.3 Å². The molecule has 3 nitrogen and oxygen atoms in total. The lowest BCUT2D eigenvalue weighted by atomic mass is 10.2. The number of unbranched alkanes of at least 4 members (excludes halogenated alkanes) is 1. The van der Waals surface area contributed by atoms with E-state index in [1.807, 2.05) is 16.8 Å². The lowest BCUT2D eigenvalue weighted by molar-refractivity contribution is 0.600. The van der Waals surface area contributed by atoms with Crippen LogP contribution in [0.3, 0.4) is 0 Å². The smallest absolute Gasteiger partial charge is 0.203 e. The molecule has 96 valence electrons. The van der Waals surface area contributed by atoms with Crippen LogP contribution in [0.4, 0.5) is 10.3 Å². The lowest BCUT2D eigenvalue weighted by Gasteiger charge is -2.10. The number of aromatic nitrogens is 2. The zero-order valence-electron chi connectivity index (χ0n) is 10.6. The molecule has 18 heavy (non-hydrogen) atoms. The summed E-state index contributed by atoms with van der Waals surface area (Å²) in [5.74, 6) is 0.623. The van der Waals surface area contributed by atoms with E-state index in [-0.39, 0.29) is 5.82 Å². The number of hydrogen-bond acceptors (Lipinski definition) is 2. The summed E-state index contributed by atoms with van der Waals surface area (Å²) in [6, 6.07) is 6.83. The van der Waals surface area contributed by atoms with Gasteiger partial charge in [-0.05, 0) is 12.5 Å². The molecule has 4 heteroatoms. The van der Waals surface area contributed by atoms with Crippen LogP contribution >= 0.6 is 0 Å². The number of nitrogens with zero attached hydrogens (tertiary/aromatic N) is 2. The number of anilines is 1. The van der Waals surface area contributed by atoms with Crippen LogP contribution in [0.1, 0.15) is 25.3 Å². The highest BCUT2D eigenvalue weighted by molar-refractivity contribution is 5.28. The van der Waals surface area contributed by atoms with Gasteiger partial charge in [0.1, 0.15) is 5.82 Å². The van der Waals surface area contributed by atoms with Gasteiger partial charge in [-0.3, -0.25) is 0 Å². The van der Waals surface area contributed by atoms with Crippen LogP contribution in [-0.2, 0) is 6.54 Å². The maximum absolute atomic E-state index is 13.6. The van der Waals surface area contributed by atoms with Gasteiger partial charge in [-0.1, -0.05) is 31.5 Å². The van der Waals surface area contributed by atoms with Crippen LogP contribution in [0.5, 0.6) is 0 Å². The summed E-state index contributed by atoms with van der Waals surface area (Å²) in [4.78, 5) is 4.24. The molecule has 0 aliphatic carbocycles. The van der Waals surface area contributed by atoms with Gasteiger partial charge in [-0.15, -0.1) is 0 Å². The fourth-order valence-electron chi connectivity index (χ4n) is 1.79. The largest absolute Gasteiger partial charge is 0.356 e. The lowest BCUT2D eigenvalue weighted by Crippen LogP contribution is -2.09. The maximum atomic E-state index is 13.6. The van der Waals surface area contributed by atoms with Gasteiger partial charge in [0.15, 0.2) is 0 Å². The molecular weight excluding hydrogens is 229 g/mol. The molecule has 1 N–H and O–H groups in total. The molecule has 2 aromatic rings. The van der Waals surface area contributed by atoms with Crippen molar-refractivity contribution >= 4 is 5.95 Å². The standard InChI is InChI=1S/C14H18FN3/c1-2-3-8-16-14-17-9-10-18(14)11-12-6-4-5-7-13(12)15/h4-7,9-10H,2-3,8,11H2,1H3,(H,16,17). The Balaban J connectivity index is 2.05. The average Bonchev–Trinajstić information content (AvgIpc) is 2.80. The predicted octanol–water partition coefficient (Wildman–Crippen LogP) is 3.28. The first-order valence-electron chi connectivity index (χ1n) is 6.29. The fraction of sp³-hybridized carbons (Fsp3) is 0.357. The van der Waals surface area contributed by atoms with Crippen molar-refractivity contribution in [1.29, 1.82) is 0 Å². The van der Waals surface area contributed by atoms with Crippen LogP contribution < -0.4 is 5.32 Å². The summed E-state index contributed by atoms with van der Waals surface area (Å²) in [5, 5.41) is 3.26. The number of halogens is 1. The van der Waals surface area contributed by atoms with Gasteiger partial charge in [0.05, 0.1) is 6.54 Å². The van der Waals surface area contributed by atoms with Crippen LogP contribution in [-0.4, -0.2) is 16.1 Å². The van der Waals surface area contributed by atoms with E-state index in [2.05, 4.69) is 17.2 Å². The van der Waals surface area contributed by atoms with Crippen LogP contribution in [0, 0.1) is 5.82 Å². The molecular formula is C14H18FN3. The second-order valence-corrected chi connectivity index (χ2v) is 4.25. The molecule has 1 aromatic heterocycles. The third-order valence-electron chi connectivity index (χ3n) is 2.83. The van der Waals surface area contributed by atoms with E-state index in [1.165, 1.54) is 6.07 Å². The summed E-state index contributed by atoms with van der Waals surface area (Å²) >= 11 is 0. The molecule has 0 spiro atoms. The molecule has 0 fully saturated rings. The van der Waals surface area contributed by atoms with E-state index >= 15 is 0 Å². The van der Waals surface area contributed by atoms with E-state index in [9.17, 15) is 4.39 Å². The zero-order valence-corrected chi connectivity index (χ0v) is 10.6. The number of rotatable bonds is 6. The number of imidazole rings is 1. The Morgan fingerprint density at radius 1 is 1.33 bits per heavy atom. The molecule has 0 saturated carbocycles. The molecule has 1 aromatic carbocycles. The molecule has 1 heterocycles. The molecule has 0 amide bonds. The molecule has 0 atom stereocenters. The topological polar surface area (TPSA) is 29.9 Å². The summed E-state index contributed by atoms with van der Waals surface area (Å²) in [5.41, 5.74) is 0.675. The van der Waals surface area contributed by atoms with E-state index in [4.69, 9.17) is 0 Å². The number of benzene rings is 1. The predicted molar refractivity (Wildman–Crippen MR) is 71.1 cm³/mol. The van der Waals surface area contributed by atoms with Crippen molar-refractivity contribution in [1.82, 2.24) is 9.55 Å². The van der Waals surface area contributed by atoms with Crippen LogP contribution in [0.15, 0.2) is 36.7 Å². The minimum Gasteiger partial charge on any atom is -0.356 e. The summed E-state index contributed by atoms with van der Waals surface area (Å²) in [6.45, 7) is 3.54. The Morgan fingerprint density at radius 2 is 2.17 bits per heavy atom. The molecule has 0 unspecified atom stereocenters. The van der Waals surface area contributed by atoms with Gasteiger partial charge in [-0.2, -0.15) is 0 Å². The van der Waals surface area contributed by atoms with Gasteiger partial charge >= 0.3 is 0 Å². The van der Waals surface area contributed by atoms with Gasteiger partial charge in [0.2, 0.25) is 5.95 Å². The highest BCUT2D eigenvalue weighted by atomic mass is 19.1. The van der Waals surface area contributed by atoms with Crippen molar-refractivity contribution < 1.29 is 4.39 Å². The Bertz CT molecular complexity index is 493. The quantitative estimate of drug-likeness (QED) is 0.794. The monoisotopic (exact) mass is 247 g/mol. The Labute approximate surface area is 107 Å². The molecule has 0 aliphatic rings. The van der Waals surface area contributed by atoms with E-state index < -0.39 is 0 Å². The van der Waals surface area contributed by atoms with Gasteiger partial charge in [0, 0.05) is 24.5 Å². The minimum absolute atomic E-state index is 0.175. The first-order chi connectivity index (χ1) is 8.81. The maximum Gasteiger partial charge on any atom is 0.203 e. The Morgan fingerprint density at radius 3 is 2.94 bits per heavy atom. The highest BCUT2D eigenvalue weighted by Gasteiger charge is 2.05. The van der Waals surface area contributed by atoms with Crippen molar-refractivity contribution in [2.75, 3.05) is 11.9 Å². The number of hydrogen-bond donors (Lipinski definition) is 1. The summed E-state index contributed by atoms with van der Waals surface area (Å²) in [7, 11) is 0. The molecule has 0 saturated heterocycles. The molecule has 2 rings (SSSR count). The highest BCUT2D eigenvalue weighted by Crippen LogP contribution is 2.12. The SMILES string of the molecule is CCCCNc1nccn1Cc1ccccc1F.